The average Bonchev–Trinajstić information content (AvgIpc) is 2.28. The summed E-state index contributed by atoms with van der Waals surface area (Å²) in [7, 11) is 0. The summed E-state index contributed by atoms with van der Waals surface area (Å²) in [5.74, 6) is 0.277. The molecule has 0 aliphatic carbocycles. The van der Waals surface area contributed by atoms with Crippen molar-refractivity contribution in [2.45, 2.75) is 0 Å². The van der Waals surface area contributed by atoms with Crippen molar-refractivity contribution in [3.8, 4) is 0 Å². The van der Waals surface area contributed by atoms with Crippen molar-refractivity contribution >= 4 is 40.5 Å². The first-order chi connectivity index (χ1) is 8.63. The van der Waals surface area contributed by atoms with Gasteiger partial charge in [-0.05, 0) is 36.4 Å². The minimum Gasteiger partial charge on any atom is -0.369 e. The molecule has 0 unspecified atom stereocenters. The molecule has 0 amide bonds. The normalized spacial score (nSPS) is 11.3. The van der Waals surface area contributed by atoms with Crippen LogP contribution >= 0.6 is 23.2 Å². The number of nitrogens with zero attached hydrogens (tertiary/aromatic N) is 1. The van der Waals surface area contributed by atoms with Crippen molar-refractivity contribution in [2.24, 2.45) is 10.7 Å². The number of guanidine groups is 1. The Morgan fingerprint density at radius 1 is 1.00 bits per heavy atom. The number of aliphatic imine (C=N–C) groups is 1. The molecule has 0 saturated heterocycles. The Bertz CT molecular complexity index is 582. The van der Waals surface area contributed by atoms with E-state index in [4.69, 9.17) is 28.9 Å². The highest BCUT2D eigenvalue weighted by Crippen LogP contribution is 2.18. The molecule has 92 valence electrons. The van der Waals surface area contributed by atoms with Crippen LogP contribution in [0.3, 0.4) is 0 Å². The molecule has 0 atom stereocenters. The molecular weight excluding hydrogens is 269 g/mol. The smallest absolute Gasteiger partial charge is 0.198 e. The van der Waals surface area contributed by atoms with Crippen LogP contribution in [0.1, 0.15) is 0 Å². The molecular formula is C13H11Cl2N3. The molecule has 3 nitrogen and oxygen atoms in total. The van der Waals surface area contributed by atoms with Gasteiger partial charge in [-0.2, -0.15) is 0 Å². The molecule has 0 saturated carbocycles. The molecule has 3 N–H and O–H groups in total. The lowest BCUT2D eigenvalue weighted by molar-refractivity contribution is 1.44. The molecule has 0 heterocycles. The van der Waals surface area contributed by atoms with E-state index in [0.717, 1.165) is 5.69 Å². The molecule has 0 aromatic heterocycles. The quantitative estimate of drug-likeness (QED) is 0.644. The van der Waals surface area contributed by atoms with Gasteiger partial charge in [-0.25, -0.2) is 4.99 Å². The van der Waals surface area contributed by atoms with E-state index in [1.54, 1.807) is 24.3 Å². The van der Waals surface area contributed by atoms with E-state index in [1.807, 2.05) is 24.3 Å². The first-order valence-corrected chi connectivity index (χ1v) is 6.01. The third-order valence-corrected chi connectivity index (χ3v) is 2.62. The highest BCUT2D eigenvalue weighted by molar-refractivity contribution is 6.31. The fraction of sp³-hybridized carbons (Fsp3) is 0. The van der Waals surface area contributed by atoms with Gasteiger partial charge in [-0.3, -0.25) is 0 Å². The first-order valence-electron chi connectivity index (χ1n) is 5.26. The monoisotopic (exact) mass is 279 g/mol. The summed E-state index contributed by atoms with van der Waals surface area (Å²) in [5, 5.41) is 4.20. The van der Waals surface area contributed by atoms with Crippen molar-refractivity contribution in [1.82, 2.24) is 0 Å². The molecule has 0 bridgehead atoms. The summed E-state index contributed by atoms with van der Waals surface area (Å²) in [6.07, 6.45) is 0. The van der Waals surface area contributed by atoms with Gasteiger partial charge in [-0.15, -0.1) is 0 Å². The molecule has 0 fully saturated rings. The van der Waals surface area contributed by atoms with Crippen molar-refractivity contribution in [1.29, 1.82) is 0 Å². The van der Waals surface area contributed by atoms with Crippen LogP contribution in [0.5, 0.6) is 0 Å². The number of nitrogens with one attached hydrogen (secondary N) is 1. The number of hydrogen-bond acceptors (Lipinski definition) is 1. The number of anilines is 1. The van der Waals surface area contributed by atoms with Crippen LogP contribution in [0.2, 0.25) is 10.0 Å². The number of hydrogen-bond donors (Lipinski definition) is 2. The van der Waals surface area contributed by atoms with E-state index >= 15 is 0 Å². The van der Waals surface area contributed by atoms with Crippen LogP contribution in [0.4, 0.5) is 11.4 Å². The maximum absolute atomic E-state index is 5.87. The lowest BCUT2D eigenvalue weighted by Crippen LogP contribution is -2.21. The van der Waals surface area contributed by atoms with Gasteiger partial charge >= 0.3 is 0 Å². The molecule has 5 heteroatoms. The fourth-order valence-corrected chi connectivity index (χ4v) is 1.80. The van der Waals surface area contributed by atoms with Gasteiger partial charge in [0.05, 0.1) is 5.69 Å². The third-order valence-electron chi connectivity index (χ3n) is 2.15. The number of benzene rings is 2. The number of rotatable bonds is 2. The van der Waals surface area contributed by atoms with E-state index in [-0.39, 0.29) is 5.96 Å². The molecule has 0 aliphatic rings. The average molecular weight is 280 g/mol. The Balaban J connectivity index is 2.14. The van der Waals surface area contributed by atoms with E-state index in [9.17, 15) is 0 Å². The van der Waals surface area contributed by atoms with E-state index in [1.165, 1.54) is 0 Å². The maximum Gasteiger partial charge on any atom is 0.198 e. The molecule has 0 aliphatic heterocycles. The van der Waals surface area contributed by atoms with Crippen molar-refractivity contribution in [2.75, 3.05) is 5.32 Å². The fourth-order valence-electron chi connectivity index (χ4n) is 1.43. The molecule has 2 rings (SSSR count). The largest absolute Gasteiger partial charge is 0.369 e. The number of nitrogens with two attached hydrogens (primary N) is 1. The Morgan fingerprint density at radius 2 is 1.67 bits per heavy atom. The first kappa shape index (κ1) is 12.7. The van der Waals surface area contributed by atoms with Gasteiger partial charge in [-0.1, -0.05) is 35.3 Å². The predicted octanol–water partition coefficient (Wildman–Crippen LogP) is 4.05. The van der Waals surface area contributed by atoms with Gasteiger partial charge in [0, 0.05) is 15.7 Å². The van der Waals surface area contributed by atoms with Gasteiger partial charge in [0.1, 0.15) is 0 Å². The van der Waals surface area contributed by atoms with Crippen molar-refractivity contribution in [3.63, 3.8) is 0 Å². The molecule has 18 heavy (non-hydrogen) atoms. The van der Waals surface area contributed by atoms with Crippen molar-refractivity contribution in [3.05, 3.63) is 58.6 Å². The van der Waals surface area contributed by atoms with Crippen LogP contribution in [0.15, 0.2) is 53.5 Å². The maximum atomic E-state index is 5.87. The van der Waals surface area contributed by atoms with Gasteiger partial charge in [0.25, 0.3) is 0 Å². The van der Waals surface area contributed by atoms with Gasteiger partial charge in [0.2, 0.25) is 0 Å². The lowest BCUT2D eigenvalue weighted by Gasteiger charge is -2.05. The summed E-state index contributed by atoms with van der Waals surface area (Å²) in [6.45, 7) is 0. The van der Waals surface area contributed by atoms with Crippen LogP contribution in [0.25, 0.3) is 0 Å². The Labute approximate surface area is 115 Å². The standard InChI is InChI=1S/C13H11Cl2N3/c14-9-3-1-5-11(7-9)17-13(16)18-12-6-2-4-10(15)8-12/h1-8H,(H3,16,17,18). The minimum atomic E-state index is 0.277. The van der Waals surface area contributed by atoms with Gasteiger partial charge < -0.3 is 11.1 Å². The Morgan fingerprint density at radius 3 is 2.33 bits per heavy atom. The molecule has 0 radical (unpaired) electrons. The van der Waals surface area contributed by atoms with E-state index in [2.05, 4.69) is 10.3 Å². The third kappa shape index (κ3) is 3.65. The Hall–Kier alpha value is -1.71. The summed E-state index contributed by atoms with van der Waals surface area (Å²) < 4.78 is 0. The summed E-state index contributed by atoms with van der Waals surface area (Å²) >= 11 is 11.7. The Kier molecular flexibility index (Phi) is 4.07. The summed E-state index contributed by atoms with van der Waals surface area (Å²) in [6, 6.07) is 14.4. The van der Waals surface area contributed by atoms with Crippen molar-refractivity contribution < 1.29 is 0 Å². The zero-order chi connectivity index (χ0) is 13.0. The second-order valence-electron chi connectivity index (χ2n) is 3.61. The highest BCUT2D eigenvalue weighted by Gasteiger charge is 1.97. The number of halogens is 2. The van der Waals surface area contributed by atoms with Crippen LogP contribution in [0, 0.1) is 0 Å². The second kappa shape index (κ2) is 5.76. The van der Waals surface area contributed by atoms with E-state index < -0.39 is 0 Å². The summed E-state index contributed by atoms with van der Waals surface area (Å²) in [4.78, 5) is 4.20. The topological polar surface area (TPSA) is 50.4 Å². The molecule has 0 spiro atoms. The lowest BCUT2D eigenvalue weighted by atomic mass is 10.3. The second-order valence-corrected chi connectivity index (χ2v) is 4.49. The predicted molar refractivity (Wildman–Crippen MR) is 77.8 cm³/mol. The highest BCUT2D eigenvalue weighted by atomic mass is 35.5. The molecule has 2 aromatic rings. The summed E-state index contributed by atoms with van der Waals surface area (Å²) in [5.41, 5.74) is 7.26. The minimum absolute atomic E-state index is 0.277. The van der Waals surface area contributed by atoms with Crippen LogP contribution < -0.4 is 11.1 Å². The zero-order valence-electron chi connectivity index (χ0n) is 9.40. The van der Waals surface area contributed by atoms with Gasteiger partial charge in [0.15, 0.2) is 5.96 Å². The SMILES string of the molecule is NC(=Nc1cccc(Cl)c1)Nc1cccc(Cl)c1. The molecule has 2 aromatic carbocycles. The zero-order valence-corrected chi connectivity index (χ0v) is 10.9. The van der Waals surface area contributed by atoms with E-state index in [0.29, 0.717) is 15.7 Å². The van der Waals surface area contributed by atoms with Crippen LogP contribution in [-0.2, 0) is 0 Å². The van der Waals surface area contributed by atoms with Crippen LogP contribution in [-0.4, -0.2) is 5.96 Å².